The summed E-state index contributed by atoms with van der Waals surface area (Å²) in [5.41, 5.74) is 1.87. The number of likely N-dealkylation sites (N-methyl/N-ethyl adjacent to an activating group) is 1. The molecule has 1 spiro atoms. The number of hydrogen-bond donors (Lipinski definition) is 2. The number of hydrogen-bond acceptors (Lipinski definition) is 6. The number of aromatic nitrogens is 1. The molecule has 1 aromatic heterocycles. The molecule has 3 aliphatic rings. The smallest absolute Gasteiger partial charge is 0.319 e. The van der Waals surface area contributed by atoms with Crippen LogP contribution < -0.4 is 10.6 Å². The minimum absolute atomic E-state index is 0.321. The normalized spacial score (nSPS) is 23.3. The van der Waals surface area contributed by atoms with E-state index in [9.17, 15) is 14.4 Å². The molecule has 0 unspecified atom stereocenters. The molecule has 1 saturated heterocycles. The Hall–Kier alpha value is -2.78. The van der Waals surface area contributed by atoms with Gasteiger partial charge in [-0.25, -0.2) is 9.78 Å². The lowest BCUT2D eigenvalue weighted by Crippen LogP contribution is -2.47. The fraction of sp³-hybridized carbons (Fsp3) is 0.429. The zero-order valence-corrected chi connectivity index (χ0v) is 17.6. The van der Waals surface area contributed by atoms with Crippen molar-refractivity contribution in [3.63, 3.8) is 0 Å². The first-order valence-electron chi connectivity index (χ1n) is 10.2. The number of aryl methyl sites for hydroxylation is 1. The fourth-order valence-electron chi connectivity index (χ4n) is 4.63. The summed E-state index contributed by atoms with van der Waals surface area (Å²) in [5.74, 6) is -0.769. The predicted octanol–water partition coefficient (Wildman–Crippen LogP) is 1.85. The van der Waals surface area contributed by atoms with Gasteiger partial charge in [0.15, 0.2) is 5.13 Å². The predicted molar refractivity (Wildman–Crippen MR) is 112 cm³/mol. The number of benzene rings is 1. The van der Waals surface area contributed by atoms with E-state index in [0.717, 1.165) is 58.9 Å². The van der Waals surface area contributed by atoms with Crippen molar-refractivity contribution in [1.82, 2.24) is 20.1 Å². The Morgan fingerprint density at radius 1 is 1.30 bits per heavy atom. The molecule has 5 rings (SSSR count). The molecule has 8 nitrogen and oxygen atoms in total. The van der Waals surface area contributed by atoms with Crippen LogP contribution in [-0.4, -0.2) is 52.8 Å². The maximum absolute atomic E-state index is 13.3. The SMILES string of the molecule is CN1CCc2nc(NC(=O)CN3C(=O)N[C@@]4(CCCc5ccccc54)C3=O)sc2C1. The van der Waals surface area contributed by atoms with Gasteiger partial charge in [-0.3, -0.25) is 14.5 Å². The van der Waals surface area contributed by atoms with Crippen LogP contribution in [0.4, 0.5) is 9.93 Å². The summed E-state index contributed by atoms with van der Waals surface area (Å²) >= 11 is 1.45. The van der Waals surface area contributed by atoms with Crippen LogP contribution in [0.2, 0.25) is 0 Å². The quantitative estimate of drug-likeness (QED) is 0.732. The molecule has 0 saturated carbocycles. The van der Waals surface area contributed by atoms with E-state index in [-0.39, 0.29) is 12.5 Å². The van der Waals surface area contributed by atoms with Crippen molar-refractivity contribution in [1.29, 1.82) is 0 Å². The summed E-state index contributed by atoms with van der Waals surface area (Å²) in [6, 6.07) is 7.19. The molecule has 9 heteroatoms. The van der Waals surface area contributed by atoms with Gasteiger partial charge in [0, 0.05) is 24.4 Å². The van der Waals surface area contributed by atoms with Crippen molar-refractivity contribution in [2.75, 3.05) is 25.5 Å². The summed E-state index contributed by atoms with van der Waals surface area (Å²) < 4.78 is 0. The molecular weight excluding hydrogens is 402 g/mol. The molecule has 156 valence electrons. The third-order valence-electron chi connectivity index (χ3n) is 6.12. The standard InChI is InChI=1S/C21H23N5O3S/c1-25-10-8-15-16(11-25)30-19(22-15)23-17(27)12-26-18(28)21(24-20(26)29)9-4-6-13-5-2-3-7-14(13)21/h2-3,5,7H,4,6,8-12H2,1H3,(H,24,29)(H,22,23,27)/t21-/m1/s1. The van der Waals surface area contributed by atoms with E-state index in [0.29, 0.717) is 11.6 Å². The number of carbonyl (C=O) groups excluding carboxylic acids is 3. The van der Waals surface area contributed by atoms with E-state index >= 15 is 0 Å². The molecule has 2 aliphatic heterocycles. The van der Waals surface area contributed by atoms with Crippen molar-refractivity contribution < 1.29 is 14.4 Å². The number of amides is 4. The Balaban J connectivity index is 1.32. The average molecular weight is 426 g/mol. The Kier molecular flexibility index (Phi) is 4.59. The molecule has 0 radical (unpaired) electrons. The zero-order valence-electron chi connectivity index (χ0n) is 16.7. The maximum atomic E-state index is 13.3. The van der Waals surface area contributed by atoms with Gasteiger partial charge < -0.3 is 15.5 Å². The molecular formula is C21H23N5O3S. The number of urea groups is 1. The van der Waals surface area contributed by atoms with Gasteiger partial charge in [0.05, 0.1) is 5.69 Å². The van der Waals surface area contributed by atoms with Crippen LogP contribution in [-0.2, 0) is 34.5 Å². The van der Waals surface area contributed by atoms with Crippen LogP contribution in [0.25, 0.3) is 0 Å². The summed E-state index contributed by atoms with van der Waals surface area (Å²) in [6.45, 7) is 1.44. The van der Waals surface area contributed by atoms with E-state index in [1.54, 1.807) is 0 Å². The number of nitrogens with zero attached hydrogens (tertiary/aromatic N) is 3. The lowest BCUT2D eigenvalue weighted by atomic mass is 9.76. The number of anilines is 1. The van der Waals surface area contributed by atoms with Crippen molar-refractivity contribution in [3.05, 3.63) is 46.0 Å². The van der Waals surface area contributed by atoms with Gasteiger partial charge in [0.2, 0.25) is 5.91 Å². The molecule has 30 heavy (non-hydrogen) atoms. The average Bonchev–Trinajstić information content (AvgIpc) is 3.22. The molecule has 1 aromatic carbocycles. The van der Waals surface area contributed by atoms with Crippen LogP contribution in [0, 0.1) is 0 Å². The van der Waals surface area contributed by atoms with Gasteiger partial charge in [-0.15, -0.1) is 11.3 Å². The van der Waals surface area contributed by atoms with Gasteiger partial charge in [0.25, 0.3) is 5.91 Å². The highest BCUT2D eigenvalue weighted by molar-refractivity contribution is 7.15. The molecule has 1 aliphatic carbocycles. The molecule has 1 fully saturated rings. The summed E-state index contributed by atoms with van der Waals surface area (Å²) in [4.78, 5) is 47.4. The molecule has 0 bridgehead atoms. The monoisotopic (exact) mass is 425 g/mol. The lowest BCUT2D eigenvalue weighted by Gasteiger charge is -2.33. The molecule has 2 N–H and O–H groups in total. The van der Waals surface area contributed by atoms with E-state index in [4.69, 9.17) is 0 Å². The van der Waals surface area contributed by atoms with Crippen LogP contribution in [0.15, 0.2) is 24.3 Å². The van der Waals surface area contributed by atoms with Gasteiger partial charge in [-0.1, -0.05) is 24.3 Å². The first-order chi connectivity index (χ1) is 14.5. The van der Waals surface area contributed by atoms with Crippen LogP contribution >= 0.6 is 11.3 Å². The van der Waals surface area contributed by atoms with E-state index in [1.807, 2.05) is 24.3 Å². The highest BCUT2D eigenvalue weighted by Crippen LogP contribution is 2.39. The topological polar surface area (TPSA) is 94.6 Å². The van der Waals surface area contributed by atoms with E-state index in [2.05, 4.69) is 27.6 Å². The summed E-state index contributed by atoms with van der Waals surface area (Å²) in [5, 5.41) is 6.17. The minimum atomic E-state index is -1.06. The number of fused-ring (bicyclic) bond motifs is 3. The highest BCUT2D eigenvalue weighted by atomic mass is 32.1. The zero-order chi connectivity index (χ0) is 20.9. The number of nitrogens with one attached hydrogen (secondary N) is 2. The van der Waals surface area contributed by atoms with E-state index < -0.39 is 17.5 Å². The lowest BCUT2D eigenvalue weighted by molar-refractivity contribution is -0.134. The Morgan fingerprint density at radius 2 is 2.13 bits per heavy atom. The Bertz CT molecular complexity index is 1050. The van der Waals surface area contributed by atoms with Crippen molar-refractivity contribution >= 4 is 34.3 Å². The van der Waals surface area contributed by atoms with Gasteiger partial charge in [-0.05, 0) is 37.4 Å². The largest absolute Gasteiger partial charge is 0.325 e. The van der Waals surface area contributed by atoms with Gasteiger partial charge in [-0.2, -0.15) is 0 Å². The summed E-state index contributed by atoms with van der Waals surface area (Å²) in [6.07, 6.45) is 3.08. The number of imide groups is 1. The fourth-order valence-corrected chi connectivity index (χ4v) is 5.74. The van der Waals surface area contributed by atoms with Crippen molar-refractivity contribution in [2.45, 2.75) is 37.8 Å². The third kappa shape index (κ3) is 3.09. The Labute approximate surface area is 178 Å². The van der Waals surface area contributed by atoms with Crippen LogP contribution in [0.3, 0.4) is 0 Å². The molecule has 1 atom stereocenters. The highest BCUT2D eigenvalue weighted by Gasteiger charge is 2.54. The second-order valence-corrected chi connectivity index (χ2v) is 9.25. The van der Waals surface area contributed by atoms with Gasteiger partial charge >= 0.3 is 6.03 Å². The number of carbonyl (C=O) groups is 3. The van der Waals surface area contributed by atoms with Crippen molar-refractivity contribution in [2.24, 2.45) is 0 Å². The van der Waals surface area contributed by atoms with Crippen LogP contribution in [0.1, 0.15) is 34.5 Å². The van der Waals surface area contributed by atoms with Crippen molar-refractivity contribution in [3.8, 4) is 0 Å². The minimum Gasteiger partial charge on any atom is -0.319 e. The maximum Gasteiger partial charge on any atom is 0.325 e. The number of thiazole rings is 1. The van der Waals surface area contributed by atoms with E-state index in [1.165, 1.54) is 11.3 Å². The summed E-state index contributed by atoms with van der Waals surface area (Å²) in [7, 11) is 2.05. The Morgan fingerprint density at radius 3 is 3.00 bits per heavy atom. The molecule has 4 amide bonds. The second kappa shape index (κ2) is 7.17. The first-order valence-corrected chi connectivity index (χ1v) is 11.0. The molecule has 3 heterocycles. The third-order valence-corrected chi connectivity index (χ3v) is 7.12. The number of rotatable bonds is 3. The molecule has 2 aromatic rings. The van der Waals surface area contributed by atoms with Gasteiger partial charge in [0.1, 0.15) is 12.1 Å². The van der Waals surface area contributed by atoms with Crippen LogP contribution in [0.5, 0.6) is 0 Å². The first kappa shape index (κ1) is 19.2. The second-order valence-electron chi connectivity index (χ2n) is 8.16.